The summed E-state index contributed by atoms with van der Waals surface area (Å²) < 4.78 is 5.59. The second-order valence-electron chi connectivity index (χ2n) is 9.44. The van der Waals surface area contributed by atoms with Crippen LogP contribution in [0.1, 0.15) is 30.9 Å². The topological polar surface area (TPSA) is 132 Å². The Kier molecular flexibility index (Phi) is 8.75. The highest BCUT2D eigenvalue weighted by Gasteiger charge is 2.35. The monoisotopic (exact) mass is 503 g/mol. The first-order valence-corrected chi connectivity index (χ1v) is 12.8. The molecule has 4 rings (SSSR count). The van der Waals surface area contributed by atoms with Crippen molar-refractivity contribution in [3.05, 3.63) is 65.7 Å². The maximum Gasteiger partial charge on any atom is 0.243 e. The minimum absolute atomic E-state index is 0.0894. The van der Waals surface area contributed by atoms with Crippen molar-refractivity contribution in [2.24, 2.45) is 5.92 Å². The molecule has 2 heterocycles. The number of nitriles is 1. The van der Waals surface area contributed by atoms with Crippen LogP contribution in [-0.4, -0.2) is 55.1 Å². The summed E-state index contributed by atoms with van der Waals surface area (Å²) in [6.07, 6.45) is 0.804. The quantitative estimate of drug-likeness (QED) is 0.369. The van der Waals surface area contributed by atoms with Crippen LogP contribution in [0.2, 0.25) is 0 Å². The van der Waals surface area contributed by atoms with E-state index in [4.69, 9.17) is 4.74 Å². The smallest absolute Gasteiger partial charge is 0.243 e. The zero-order valence-corrected chi connectivity index (χ0v) is 20.9. The average Bonchev–Trinajstić information content (AvgIpc) is 3.53. The summed E-state index contributed by atoms with van der Waals surface area (Å²) >= 11 is 0. The fourth-order valence-electron chi connectivity index (χ4n) is 4.93. The van der Waals surface area contributed by atoms with Crippen LogP contribution >= 0.6 is 0 Å². The van der Waals surface area contributed by atoms with Gasteiger partial charge in [0.25, 0.3) is 0 Å². The first-order chi connectivity index (χ1) is 18.0. The summed E-state index contributed by atoms with van der Waals surface area (Å²) in [4.78, 5) is 39.0. The molecule has 1 unspecified atom stereocenters. The second kappa shape index (κ2) is 12.4. The summed E-state index contributed by atoms with van der Waals surface area (Å²) in [6.45, 7) is 2.63. The highest BCUT2D eigenvalue weighted by molar-refractivity contribution is 5.92. The van der Waals surface area contributed by atoms with Crippen molar-refractivity contribution in [1.82, 2.24) is 16.0 Å². The number of amides is 3. The molecule has 37 heavy (non-hydrogen) atoms. The minimum Gasteiger partial charge on any atom is -0.373 e. The number of hydrogen-bond donors (Lipinski definition) is 4. The van der Waals surface area contributed by atoms with Crippen LogP contribution < -0.4 is 21.3 Å². The third-order valence-electron chi connectivity index (χ3n) is 6.87. The van der Waals surface area contributed by atoms with Crippen molar-refractivity contribution in [1.29, 1.82) is 5.26 Å². The highest BCUT2D eigenvalue weighted by atomic mass is 16.5. The minimum atomic E-state index is -0.915. The normalized spacial score (nSPS) is 20.5. The van der Waals surface area contributed by atoms with Gasteiger partial charge in [-0.3, -0.25) is 14.4 Å². The van der Waals surface area contributed by atoms with Crippen molar-refractivity contribution in [3.63, 3.8) is 0 Å². The van der Waals surface area contributed by atoms with E-state index in [-0.39, 0.29) is 30.6 Å². The highest BCUT2D eigenvalue weighted by Crippen LogP contribution is 2.25. The molecule has 0 bridgehead atoms. The average molecular weight is 504 g/mol. The van der Waals surface area contributed by atoms with Crippen LogP contribution in [0, 0.1) is 17.2 Å². The summed E-state index contributed by atoms with van der Waals surface area (Å²) in [7, 11) is 0. The summed E-state index contributed by atoms with van der Waals surface area (Å²) in [5.74, 6) is -1.10. The number of nitrogens with zero attached hydrogens (tertiary/aromatic N) is 1. The Balaban J connectivity index is 1.50. The zero-order chi connectivity index (χ0) is 26.2. The van der Waals surface area contributed by atoms with Gasteiger partial charge in [0.2, 0.25) is 17.7 Å². The van der Waals surface area contributed by atoms with Gasteiger partial charge < -0.3 is 26.0 Å². The Morgan fingerprint density at radius 3 is 2.57 bits per heavy atom. The molecule has 0 spiro atoms. The van der Waals surface area contributed by atoms with Gasteiger partial charge in [-0.2, -0.15) is 5.26 Å². The Morgan fingerprint density at radius 2 is 1.89 bits per heavy atom. The molecule has 5 atom stereocenters. The van der Waals surface area contributed by atoms with Crippen LogP contribution in [0.25, 0.3) is 0 Å². The molecule has 9 heteroatoms. The van der Waals surface area contributed by atoms with Crippen molar-refractivity contribution in [2.75, 3.05) is 18.5 Å². The van der Waals surface area contributed by atoms with E-state index in [2.05, 4.69) is 27.3 Å². The number of carbonyl (C=O) groups is 3. The number of rotatable bonds is 11. The molecule has 4 N–H and O–H groups in total. The molecule has 2 aliphatic heterocycles. The van der Waals surface area contributed by atoms with Gasteiger partial charge in [0, 0.05) is 37.6 Å². The summed E-state index contributed by atoms with van der Waals surface area (Å²) in [6, 6.07) is 17.2. The van der Waals surface area contributed by atoms with Crippen molar-refractivity contribution in [2.45, 2.75) is 56.8 Å². The molecule has 2 aliphatic rings. The molecule has 9 nitrogen and oxygen atoms in total. The molecule has 0 aliphatic carbocycles. The lowest BCUT2D eigenvalue weighted by Gasteiger charge is -2.28. The van der Waals surface area contributed by atoms with E-state index in [9.17, 15) is 19.6 Å². The number of ether oxygens (including phenoxy) is 1. The first-order valence-electron chi connectivity index (χ1n) is 12.8. The van der Waals surface area contributed by atoms with Crippen LogP contribution in [0.5, 0.6) is 0 Å². The fraction of sp³-hybridized carbons (Fsp3) is 0.429. The van der Waals surface area contributed by atoms with Gasteiger partial charge >= 0.3 is 0 Å². The Hall–Kier alpha value is -3.90. The molecular formula is C28H33N5O4. The molecule has 1 fully saturated rings. The Labute approximate surface area is 217 Å². The molecule has 1 saturated heterocycles. The van der Waals surface area contributed by atoms with Gasteiger partial charge in [-0.15, -0.1) is 0 Å². The molecule has 2 aromatic rings. The third kappa shape index (κ3) is 6.66. The van der Waals surface area contributed by atoms with E-state index in [0.29, 0.717) is 26.0 Å². The Bertz CT molecular complexity index is 1120. The van der Waals surface area contributed by atoms with Crippen LogP contribution in [-0.2, 0) is 32.0 Å². The van der Waals surface area contributed by atoms with Crippen molar-refractivity contribution in [3.8, 4) is 6.07 Å². The molecular weight excluding hydrogens is 470 g/mol. The van der Waals surface area contributed by atoms with E-state index in [1.807, 2.05) is 54.6 Å². The molecule has 3 amide bonds. The van der Waals surface area contributed by atoms with Crippen molar-refractivity contribution >= 4 is 23.4 Å². The number of nitrogens with one attached hydrogen (secondary N) is 4. The molecule has 2 aromatic carbocycles. The lowest BCUT2D eigenvalue weighted by Crippen LogP contribution is -2.56. The van der Waals surface area contributed by atoms with Gasteiger partial charge in [0.15, 0.2) is 6.10 Å². The van der Waals surface area contributed by atoms with E-state index in [0.717, 1.165) is 16.8 Å². The van der Waals surface area contributed by atoms with E-state index >= 15 is 0 Å². The third-order valence-corrected chi connectivity index (χ3v) is 6.87. The molecule has 0 aromatic heterocycles. The summed E-state index contributed by atoms with van der Waals surface area (Å²) in [5, 5.41) is 21.6. The van der Waals surface area contributed by atoms with Gasteiger partial charge in [-0.05, 0) is 37.0 Å². The molecule has 194 valence electrons. The van der Waals surface area contributed by atoms with E-state index < -0.39 is 30.1 Å². The number of fused-ring (bicyclic) bond motifs is 1. The van der Waals surface area contributed by atoms with Gasteiger partial charge in [0.1, 0.15) is 12.1 Å². The second-order valence-corrected chi connectivity index (χ2v) is 9.44. The zero-order valence-electron chi connectivity index (χ0n) is 20.9. The molecule has 0 saturated carbocycles. The largest absolute Gasteiger partial charge is 0.373 e. The maximum atomic E-state index is 13.6. The number of anilines is 1. The number of carbonyl (C=O) groups excluding carboxylic acids is 3. The number of hydrogen-bond acceptors (Lipinski definition) is 6. The predicted molar refractivity (Wildman–Crippen MR) is 138 cm³/mol. The van der Waals surface area contributed by atoms with Crippen LogP contribution in [0.3, 0.4) is 0 Å². The standard InChI is InChI=1S/C28H33N5O4/c1-2-37-25(17-29)22(16-20-12-13-30-26(20)34)32-27(35)23(14-18-8-4-3-5-9-18)33-28(36)24-15-19-10-6-7-11-21(19)31-24/h3-11,20,22-25,31H,2,12-16H2,1H3,(H,30,34)(H,32,35)(H,33,36)/t20-,22-,23-,24?,25+/m0/s1. The number of benzene rings is 2. The maximum absolute atomic E-state index is 13.6. The molecule has 0 radical (unpaired) electrons. The van der Waals surface area contributed by atoms with E-state index in [1.165, 1.54) is 0 Å². The van der Waals surface area contributed by atoms with Crippen LogP contribution in [0.4, 0.5) is 5.69 Å². The summed E-state index contributed by atoms with van der Waals surface area (Å²) in [5.41, 5.74) is 2.85. The SMILES string of the molecule is CCO[C@H](C#N)[C@H](C[C@@H]1CCNC1=O)NC(=O)[C@H](Cc1ccccc1)NC(=O)C1Cc2ccccc2N1. The van der Waals surface area contributed by atoms with Gasteiger partial charge in [-0.1, -0.05) is 48.5 Å². The van der Waals surface area contributed by atoms with Gasteiger partial charge in [-0.25, -0.2) is 0 Å². The lowest BCUT2D eigenvalue weighted by molar-refractivity contribution is -0.130. The van der Waals surface area contributed by atoms with E-state index in [1.54, 1.807) is 6.92 Å². The first kappa shape index (κ1) is 26.2. The predicted octanol–water partition coefficient (Wildman–Crippen LogP) is 1.69. The Morgan fingerprint density at radius 1 is 1.14 bits per heavy atom. The van der Waals surface area contributed by atoms with Crippen LogP contribution in [0.15, 0.2) is 54.6 Å². The lowest BCUT2D eigenvalue weighted by atomic mass is 9.94. The number of para-hydroxylation sites is 1. The van der Waals surface area contributed by atoms with Gasteiger partial charge in [0.05, 0.1) is 12.1 Å². The van der Waals surface area contributed by atoms with Crippen molar-refractivity contribution < 1.29 is 19.1 Å². The fourth-order valence-corrected chi connectivity index (χ4v) is 4.93.